The Balaban J connectivity index is 1.18. The number of piperazine rings is 1. The number of imide groups is 1. The molecule has 156 valence electrons. The van der Waals surface area contributed by atoms with Gasteiger partial charge in [0.1, 0.15) is 6.54 Å². The van der Waals surface area contributed by atoms with Gasteiger partial charge in [-0.2, -0.15) is 0 Å². The minimum Gasteiger partial charge on any atom is -0.368 e. The van der Waals surface area contributed by atoms with Crippen molar-refractivity contribution in [1.29, 1.82) is 0 Å². The van der Waals surface area contributed by atoms with Crippen LogP contribution in [0.2, 0.25) is 0 Å². The van der Waals surface area contributed by atoms with Crippen molar-refractivity contribution < 1.29 is 19.2 Å². The van der Waals surface area contributed by atoms with Crippen molar-refractivity contribution >= 4 is 29.2 Å². The van der Waals surface area contributed by atoms with E-state index in [-0.39, 0.29) is 53.7 Å². The number of allylic oxidation sites excluding steroid dienone is 2. The van der Waals surface area contributed by atoms with Crippen molar-refractivity contribution in [3.8, 4) is 0 Å². The minimum absolute atomic E-state index is 0.0379. The van der Waals surface area contributed by atoms with Gasteiger partial charge in [0.25, 0.3) is 0 Å². The molecule has 7 heteroatoms. The van der Waals surface area contributed by atoms with Crippen LogP contribution in [0.15, 0.2) is 36.4 Å². The first-order valence-electron chi connectivity index (χ1n) is 10.6. The van der Waals surface area contributed by atoms with E-state index in [4.69, 9.17) is 0 Å². The predicted molar refractivity (Wildman–Crippen MR) is 110 cm³/mol. The third kappa shape index (κ3) is 2.95. The first-order valence-corrected chi connectivity index (χ1v) is 10.6. The molecular formula is C23H25N3O4. The van der Waals surface area contributed by atoms with Crippen molar-refractivity contribution in [3.05, 3.63) is 42.0 Å². The largest absolute Gasteiger partial charge is 0.368 e. The van der Waals surface area contributed by atoms with E-state index >= 15 is 0 Å². The molecule has 0 unspecified atom stereocenters. The molecule has 7 nitrogen and oxygen atoms in total. The summed E-state index contributed by atoms with van der Waals surface area (Å²) in [5, 5.41) is 0. The molecule has 1 saturated carbocycles. The molecule has 30 heavy (non-hydrogen) atoms. The van der Waals surface area contributed by atoms with Gasteiger partial charge < -0.3 is 9.80 Å². The molecule has 2 heterocycles. The highest BCUT2D eigenvalue weighted by Gasteiger charge is 2.59. The second kappa shape index (κ2) is 7.07. The predicted octanol–water partition coefficient (Wildman–Crippen LogP) is 1.34. The molecule has 2 aliphatic heterocycles. The fourth-order valence-corrected chi connectivity index (χ4v) is 5.48. The van der Waals surface area contributed by atoms with Crippen LogP contribution in [0.4, 0.5) is 5.69 Å². The SMILES string of the molecule is CC(=O)c1ccc(N2CCN(C(=O)CN3C(=O)[C@@H]4[C@@H](C3=O)[C@H]3C=C[C@H]4C3)CC2)cc1. The number of nitrogens with zero attached hydrogens (tertiary/aromatic N) is 3. The second-order valence-electron chi connectivity index (χ2n) is 8.73. The summed E-state index contributed by atoms with van der Waals surface area (Å²) in [6, 6.07) is 7.49. The summed E-state index contributed by atoms with van der Waals surface area (Å²) in [5.41, 5.74) is 1.70. The van der Waals surface area contributed by atoms with Gasteiger partial charge in [-0.15, -0.1) is 0 Å². The molecule has 4 aliphatic rings. The average molecular weight is 407 g/mol. The van der Waals surface area contributed by atoms with Crippen LogP contribution in [0.1, 0.15) is 23.7 Å². The standard InChI is InChI=1S/C23H25N3O4/c1-14(27)15-4-6-18(7-5-15)24-8-10-25(11-9-24)19(28)13-26-22(29)20-16-2-3-17(12-16)21(20)23(26)30/h2-7,16-17,20-21H,8-13H2,1H3/t16-,17-,20-,21-/m0/s1. The van der Waals surface area contributed by atoms with Gasteiger partial charge in [-0.25, -0.2) is 0 Å². The van der Waals surface area contributed by atoms with E-state index in [1.54, 1.807) is 11.8 Å². The van der Waals surface area contributed by atoms with Crippen LogP contribution in [0.3, 0.4) is 0 Å². The van der Waals surface area contributed by atoms with Gasteiger partial charge in [0.2, 0.25) is 17.7 Å². The number of benzene rings is 1. The Morgan fingerprint density at radius 2 is 1.47 bits per heavy atom. The third-order valence-corrected chi connectivity index (χ3v) is 7.13. The Kier molecular flexibility index (Phi) is 4.49. The van der Waals surface area contributed by atoms with Crippen LogP contribution in [-0.4, -0.2) is 66.0 Å². The van der Waals surface area contributed by atoms with Gasteiger partial charge in [0.05, 0.1) is 11.8 Å². The molecule has 2 aliphatic carbocycles. The van der Waals surface area contributed by atoms with E-state index in [9.17, 15) is 19.2 Å². The maximum Gasteiger partial charge on any atom is 0.242 e. The number of carbonyl (C=O) groups excluding carboxylic acids is 4. The van der Waals surface area contributed by atoms with Crippen LogP contribution in [0.25, 0.3) is 0 Å². The zero-order chi connectivity index (χ0) is 21.0. The van der Waals surface area contributed by atoms with Crippen molar-refractivity contribution in [2.45, 2.75) is 13.3 Å². The van der Waals surface area contributed by atoms with E-state index in [1.165, 1.54) is 4.90 Å². The van der Waals surface area contributed by atoms with Crippen LogP contribution < -0.4 is 4.90 Å². The zero-order valence-corrected chi connectivity index (χ0v) is 17.0. The molecule has 0 spiro atoms. The summed E-state index contributed by atoms with van der Waals surface area (Å²) >= 11 is 0. The highest BCUT2D eigenvalue weighted by molar-refractivity contribution is 6.08. The lowest BCUT2D eigenvalue weighted by Gasteiger charge is -2.36. The molecule has 1 aromatic carbocycles. The van der Waals surface area contributed by atoms with Crippen LogP contribution in [0, 0.1) is 23.7 Å². The molecule has 0 aromatic heterocycles. The molecule has 1 aromatic rings. The molecule has 0 radical (unpaired) electrons. The fraction of sp³-hybridized carbons (Fsp3) is 0.478. The number of ketones is 1. The van der Waals surface area contributed by atoms with Crippen molar-refractivity contribution in [1.82, 2.24) is 9.80 Å². The third-order valence-electron chi connectivity index (χ3n) is 7.13. The molecule has 2 saturated heterocycles. The number of amides is 3. The van der Waals surface area contributed by atoms with Crippen molar-refractivity contribution in [2.24, 2.45) is 23.7 Å². The smallest absolute Gasteiger partial charge is 0.242 e. The summed E-state index contributed by atoms with van der Waals surface area (Å²) in [6.07, 6.45) is 5.01. The Labute approximate surface area is 175 Å². The lowest BCUT2D eigenvalue weighted by atomic mass is 9.85. The number of rotatable bonds is 4. The molecular weight excluding hydrogens is 382 g/mol. The molecule has 3 fully saturated rings. The zero-order valence-electron chi connectivity index (χ0n) is 17.0. The molecule has 2 bridgehead atoms. The Hall–Kier alpha value is -2.96. The number of anilines is 1. The highest BCUT2D eigenvalue weighted by atomic mass is 16.2. The summed E-state index contributed by atoms with van der Waals surface area (Å²) in [7, 11) is 0. The Bertz CT molecular complexity index is 916. The van der Waals surface area contributed by atoms with Crippen LogP contribution in [-0.2, 0) is 14.4 Å². The normalized spacial score (nSPS) is 29.7. The van der Waals surface area contributed by atoms with E-state index in [1.807, 2.05) is 24.3 Å². The van der Waals surface area contributed by atoms with E-state index in [0.717, 1.165) is 12.1 Å². The molecule has 4 atom stereocenters. The summed E-state index contributed by atoms with van der Waals surface area (Å²) in [6.45, 7) is 3.84. The fourth-order valence-electron chi connectivity index (χ4n) is 5.48. The quantitative estimate of drug-likeness (QED) is 0.428. The molecule has 5 rings (SSSR count). The minimum atomic E-state index is -0.255. The number of hydrogen-bond acceptors (Lipinski definition) is 5. The Morgan fingerprint density at radius 3 is 2.00 bits per heavy atom. The Morgan fingerprint density at radius 1 is 0.900 bits per heavy atom. The number of hydrogen-bond donors (Lipinski definition) is 0. The summed E-state index contributed by atoms with van der Waals surface area (Å²) in [4.78, 5) is 54.9. The van der Waals surface area contributed by atoms with Gasteiger partial charge in [-0.3, -0.25) is 24.1 Å². The topological polar surface area (TPSA) is 78.0 Å². The number of Topliss-reactive ketones (excluding diaryl/α,β-unsaturated/α-hetero) is 1. The second-order valence-corrected chi connectivity index (χ2v) is 8.73. The first-order chi connectivity index (χ1) is 14.4. The average Bonchev–Trinajstić information content (AvgIpc) is 3.44. The number of likely N-dealkylation sites (tertiary alicyclic amines) is 1. The first kappa shape index (κ1) is 19.0. The lowest BCUT2D eigenvalue weighted by molar-refractivity contribution is -0.147. The summed E-state index contributed by atoms with van der Waals surface area (Å²) in [5.74, 6) is -0.646. The lowest BCUT2D eigenvalue weighted by Crippen LogP contribution is -2.52. The maximum absolute atomic E-state index is 12.8. The van der Waals surface area contributed by atoms with Gasteiger partial charge in [-0.1, -0.05) is 12.2 Å². The van der Waals surface area contributed by atoms with E-state index < -0.39 is 0 Å². The number of carbonyl (C=O) groups is 4. The van der Waals surface area contributed by atoms with Crippen molar-refractivity contribution in [2.75, 3.05) is 37.6 Å². The van der Waals surface area contributed by atoms with Gasteiger partial charge in [0.15, 0.2) is 5.78 Å². The van der Waals surface area contributed by atoms with Gasteiger partial charge in [-0.05, 0) is 49.4 Å². The molecule has 3 amide bonds. The number of fused-ring (bicyclic) bond motifs is 5. The van der Waals surface area contributed by atoms with Crippen molar-refractivity contribution in [3.63, 3.8) is 0 Å². The van der Waals surface area contributed by atoms with E-state index in [2.05, 4.69) is 17.1 Å². The monoisotopic (exact) mass is 407 g/mol. The van der Waals surface area contributed by atoms with Crippen LogP contribution >= 0.6 is 0 Å². The highest BCUT2D eigenvalue weighted by Crippen LogP contribution is 2.52. The maximum atomic E-state index is 12.8. The van der Waals surface area contributed by atoms with Gasteiger partial charge in [0, 0.05) is 37.4 Å². The molecule has 0 N–H and O–H groups in total. The summed E-state index contributed by atoms with van der Waals surface area (Å²) < 4.78 is 0. The van der Waals surface area contributed by atoms with Gasteiger partial charge >= 0.3 is 0 Å². The van der Waals surface area contributed by atoms with E-state index in [0.29, 0.717) is 31.7 Å². The van der Waals surface area contributed by atoms with Crippen LogP contribution in [0.5, 0.6) is 0 Å².